The van der Waals surface area contributed by atoms with Crippen LogP contribution in [-0.4, -0.2) is 62.5 Å². The number of ether oxygens (including phenoxy) is 1. The number of aliphatic hydroxyl groups is 4. The highest BCUT2D eigenvalue weighted by molar-refractivity contribution is 5.84. The molecule has 7 heteroatoms. The van der Waals surface area contributed by atoms with E-state index in [1.54, 1.807) is 0 Å². The van der Waals surface area contributed by atoms with Gasteiger partial charge in [-0.05, 0) is 6.08 Å². The standard InChI is InChI=1S/C8H12O7/c9-2-4(11)7-6(12)3(10)1-5(15-7)8(13)14/h1,3-4,6-7,9-12H,2H2,(H,13,14)/t3?,4-,6-,7?/m1/s1. The first-order valence-corrected chi connectivity index (χ1v) is 4.24. The molecule has 0 amide bonds. The first-order valence-electron chi connectivity index (χ1n) is 4.24. The van der Waals surface area contributed by atoms with Crippen molar-refractivity contribution < 1.29 is 35.1 Å². The second-order valence-corrected chi connectivity index (χ2v) is 3.15. The predicted molar refractivity (Wildman–Crippen MR) is 45.7 cm³/mol. The van der Waals surface area contributed by atoms with E-state index < -0.39 is 42.8 Å². The van der Waals surface area contributed by atoms with Gasteiger partial charge >= 0.3 is 5.97 Å². The van der Waals surface area contributed by atoms with Crippen molar-refractivity contribution in [3.8, 4) is 0 Å². The fourth-order valence-corrected chi connectivity index (χ4v) is 1.24. The molecule has 1 heterocycles. The molecule has 0 saturated heterocycles. The van der Waals surface area contributed by atoms with Crippen molar-refractivity contribution in [1.82, 2.24) is 0 Å². The third-order valence-electron chi connectivity index (χ3n) is 2.05. The molecule has 4 atom stereocenters. The zero-order valence-electron chi connectivity index (χ0n) is 7.65. The SMILES string of the molecule is O=C(O)C1=CC(O)[C@@H](O)C([C@H](O)CO)O1. The van der Waals surface area contributed by atoms with Crippen molar-refractivity contribution in [3.05, 3.63) is 11.8 Å². The summed E-state index contributed by atoms with van der Waals surface area (Å²) >= 11 is 0. The maximum Gasteiger partial charge on any atom is 0.370 e. The van der Waals surface area contributed by atoms with Gasteiger partial charge in [0.05, 0.1) is 6.61 Å². The maximum absolute atomic E-state index is 10.5. The number of carboxylic acid groups (broad SMARTS) is 1. The van der Waals surface area contributed by atoms with Crippen LogP contribution in [0.2, 0.25) is 0 Å². The van der Waals surface area contributed by atoms with Gasteiger partial charge in [0.2, 0.25) is 5.76 Å². The van der Waals surface area contributed by atoms with Crippen LogP contribution >= 0.6 is 0 Å². The second-order valence-electron chi connectivity index (χ2n) is 3.15. The van der Waals surface area contributed by atoms with Crippen molar-refractivity contribution in [3.63, 3.8) is 0 Å². The highest BCUT2D eigenvalue weighted by Gasteiger charge is 2.38. The zero-order chi connectivity index (χ0) is 11.6. The molecule has 15 heavy (non-hydrogen) atoms. The second kappa shape index (κ2) is 4.58. The van der Waals surface area contributed by atoms with Gasteiger partial charge in [-0.3, -0.25) is 0 Å². The number of aliphatic carboxylic acids is 1. The Morgan fingerprint density at radius 2 is 2.13 bits per heavy atom. The van der Waals surface area contributed by atoms with Gasteiger partial charge in [-0.2, -0.15) is 0 Å². The maximum atomic E-state index is 10.5. The predicted octanol–water partition coefficient (Wildman–Crippen LogP) is -2.57. The van der Waals surface area contributed by atoms with Gasteiger partial charge in [0, 0.05) is 0 Å². The van der Waals surface area contributed by atoms with E-state index in [1.165, 1.54) is 0 Å². The minimum Gasteiger partial charge on any atom is -0.478 e. The molecule has 7 nitrogen and oxygen atoms in total. The smallest absolute Gasteiger partial charge is 0.370 e. The van der Waals surface area contributed by atoms with E-state index in [0.29, 0.717) is 0 Å². The topological polar surface area (TPSA) is 127 Å². The van der Waals surface area contributed by atoms with E-state index in [-0.39, 0.29) is 0 Å². The van der Waals surface area contributed by atoms with Crippen LogP contribution in [0.1, 0.15) is 0 Å². The van der Waals surface area contributed by atoms with Crippen LogP contribution in [0.4, 0.5) is 0 Å². The monoisotopic (exact) mass is 220 g/mol. The van der Waals surface area contributed by atoms with E-state index in [0.717, 1.165) is 6.08 Å². The first-order chi connectivity index (χ1) is 6.97. The molecule has 86 valence electrons. The summed E-state index contributed by atoms with van der Waals surface area (Å²) in [6, 6.07) is 0. The zero-order valence-corrected chi connectivity index (χ0v) is 7.65. The Labute approximate surface area is 84.8 Å². The van der Waals surface area contributed by atoms with Crippen LogP contribution in [-0.2, 0) is 9.53 Å². The average molecular weight is 220 g/mol. The summed E-state index contributed by atoms with van der Waals surface area (Å²) in [5.74, 6) is -1.98. The molecule has 0 spiro atoms. The molecule has 1 aliphatic rings. The highest BCUT2D eigenvalue weighted by Crippen LogP contribution is 2.20. The van der Waals surface area contributed by atoms with E-state index in [2.05, 4.69) is 0 Å². The summed E-state index contributed by atoms with van der Waals surface area (Å²) < 4.78 is 4.72. The molecule has 0 aromatic rings. The van der Waals surface area contributed by atoms with Gasteiger partial charge in [0.15, 0.2) is 6.10 Å². The van der Waals surface area contributed by atoms with Crippen LogP contribution in [0.5, 0.6) is 0 Å². The Morgan fingerprint density at radius 3 is 2.60 bits per heavy atom. The molecule has 5 N–H and O–H groups in total. The number of aliphatic hydroxyl groups excluding tert-OH is 4. The molecule has 0 aliphatic carbocycles. The molecule has 1 aliphatic heterocycles. The molecule has 0 fully saturated rings. The van der Waals surface area contributed by atoms with Crippen LogP contribution in [0.3, 0.4) is 0 Å². The molecule has 0 saturated carbocycles. The number of rotatable bonds is 3. The van der Waals surface area contributed by atoms with Gasteiger partial charge in [0.1, 0.15) is 18.3 Å². The number of hydrogen-bond donors (Lipinski definition) is 5. The normalized spacial score (nSPS) is 32.8. The van der Waals surface area contributed by atoms with Crippen molar-refractivity contribution in [2.24, 2.45) is 0 Å². The number of hydrogen-bond acceptors (Lipinski definition) is 6. The lowest BCUT2D eigenvalue weighted by atomic mass is 10.00. The Bertz CT molecular complexity index is 274. The van der Waals surface area contributed by atoms with E-state index in [9.17, 15) is 20.1 Å². The summed E-state index contributed by atoms with van der Waals surface area (Å²) in [5.41, 5.74) is 0. The Hall–Kier alpha value is -1.15. The summed E-state index contributed by atoms with van der Waals surface area (Å²) in [7, 11) is 0. The molecule has 0 aromatic heterocycles. The van der Waals surface area contributed by atoms with Gasteiger partial charge in [-0.15, -0.1) is 0 Å². The Kier molecular flexibility index (Phi) is 3.64. The van der Waals surface area contributed by atoms with Crippen molar-refractivity contribution in [2.75, 3.05) is 6.61 Å². The fraction of sp³-hybridized carbons (Fsp3) is 0.625. The summed E-state index contributed by atoms with van der Waals surface area (Å²) in [6.07, 6.45) is -4.92. The Balaban J connectivity index is 2.85. The van der Waals surface area contributed by atoms with Crippen molar-refractivity contribution in [2.45, 2.75) is 24.4 Å². The average Bonchev–Trinajstić information content (AvgIpc) is 2.20. The summed E-state index contributed by atoms with van der Waals surface area (Å²) in [4.78, 5) is 10.5. The third-order valence-corrected chi connectivity index (χ3v) is 2.05. The minimum atomic E-state index is -1.48. The molecule has 0 radical (unpaired) electrons. The largest absolute Gasteiger partial charge is 0.478 e. The van der Waals surface area contributed by atoms with E-state index in [4.69, 9.17) is 14.9 Å². The molecule has 1 rings (SSSR count). The minimum absolute atomic E-state index is 0.565. The highest BCUT2D eigenvalue weighted by atomic mass is 16.5. The molecular weight excluding hydrogens is 208 g/mol. The third kappa shape index (κ3) is 2.45. The van der Waals surface area contributed by atoms with Gasteiger partial charge in [-0.1, -0.05) is 0 Å². The van der Waals surface area contributed by atoms with E-state index >= 15 is 0 Å². The van der Waals surface area contributed by atoms with Gasteiger partial charge < -0.3 is 30.3 Å². The van der Waals surface area contributed by atoms with Crippen LogP contribution < -0.4 is 0 Å². The molecule has 0 bridgehead atoms. The summed E-state index contributed by atoms with van der Waals surface area (Å²) in [5, 5.41) is 45.0. The van der Waals surface area contributed by atoms with Crippen molar-refractivity contribution in [1.29, 1.82) is 0 Å². The van der Waals surface area contributed by atoms with Gasteiger partial charge in [0.25, 0.3) is 0 Å². The van der Waals surface area contributed by atoms with Crippen LogP contribution in [0.25, 0.3) is 0 Å². The van der Waals surface area contributed by atoms with Gasteiger partial charge in [-0.25, -0.2) is 4.79 Å². The summed E-state index contributed by atoms with van der Waals surface area (Å²) in [6.45, 7) is -0.707. The van der Waals surface area contributed by atoms with Crippen molar-refractivity contribution >= 4 is 5.97 Å². The lowest BCUT2D eigenvalue weighted by molar-refractivity contribution is -0.154. The number of carbonyl (C=O) groups is 1. The van der Waals surface area contributed by atoms with E-state index in [1.807, 2.05) is 0 Å². The van der Waals surface area contributed by atoms with Crippen LogP contribution in [0.15, 0.2) is 11.8 Å². The lowest BCUT2D eigenvalue weighted by Crippen LogP contribution is -2.50. The van der Waals surface area contributed by atoms with Crippen LogP contribution in [0, 0.1) is 0 Å². The number of carboxylic acids is 1. The molecule has 0 aromatic carbocycles. The lowest BCUT2D eigenvalue weighted by Gasteiger charge is -2.32. The quantitative estimate of drug-likeness (QED) is 0.353. The molecule has 2 unspecified atom stereocenters. The Morgan fingerprint density at radius 1 is 1.53 bits per heavy atom. The fourth-order valence-electron chi connectivity index (χ4n) is 1.24. The molecular formula is C8H12O7. The first kappa shape index (κ1) is 11.9.